The SMILES string of the molecule is Cc1cccc(S(=O)(=O)N[C@@H](CNC(=O)Cc2nnc(CCCNC3N=CCN3)s2)C(=O)O)c1.Cl. The highest BCUT2D eigenvalue weighted by Gasteiger charge is 2.26. The van der Waals surface area contributed by atoms with Gasteiger partial charge in [0.1, 0.15) is 16.1 Å². The van der Waals surface area contributed by atoms with Gasteiger partial charge < -0.3 is 10.4 Å². The number of nitrogens with one attached hydrogen (secondary N) is 4. The molecule has 1 aliphatic heterocycles. The summed E-state index contributed by atoms with van der Waals surface area (Å²) in [5.41, 5.74) is 0.718. The van der Waals surface area contributed by atoms with Gasteiger partial charge in [-0.05, 0) is 37.6 Å². The molecular formula is C20H28ClN7O5S2. The number of aryl methyl sites for hydroxylation is 2. The van der Waals surface area contributed by atoms with Crippen molar-refractivity contribution < 1.29 is 23.1 Å². The highest BCUT2D eigenvalue weighted by Crippen LogP contribution is 2.13. The second kappa shape index (κ2) is 13.6. The lowest BCUT2D eigenvalue weighted by Gasteiger charge is -2.15. The van der Waals surface area contributed by atoms with Crippen LogP contribution in [-0.2, 0) is 32.5 Å². The molecule has 0 radical (unpaired) electrons. The third-order valence-electron chi connectivity index (χ3n) is 4.78. The molecule has 35 heavy (non-hydrogen) atoms. The van der Waals surface area contributed by atoms with Gasteiger partial charge in [-0.1, -0.05) is 12.1 Å². The smallest absolute Gasteiger partial charge is 0.323 e. The van der Waals surface area contributed by atoms with Gasteiger partial charge in [-0.3, -0.25) is 25.2 Å². The van der Waals surface area contributed by atoms with Crippen molar-refractivity contribution in [1.29, 1.82) is 0 Å². The van der Waals surface area contributed by atoms with E-state index >= 15 is 0 Å². The number of rotatable bonds is 13. The van der Waals surface area contributed by atoms with Crippen LogP contribution >= 0.6 is 23.7 Å². The molecule has 192 valence electrons. The third-order valence-corrected chi connectivity index (χ3v) is 7.23. The highest BCUT2D eigenvalue weighted by atomic mass is 35.5. The highest BCUT2D eigenvalue weighted by molar-refractivity contribution is 7.89. The summed E-state index contributed by atoms with van der Waals surface area (Å²) in [7, 11) is -4.07. The van der Waals surface area contributed by atoms with E-state index in [2.05, 4.69) is 35.9 Å². The van der Waals surface area contributed by atoms with Gasteiger partial charge in [-0.2, -0.15) is 4.72 Å². The summed E-state index contributed by atoms with van der Waals surface area (Å²) in [6.45, 7) is 2.83. The molecule has 0 saturated heterocycles. The predicted octanol–water partition coefficient (Wildman–Crippen LogP) is -0.161. The lowest BCUT2D eigenvalue weighted by molar-refractivity contribution is -0.138. The number of aliphatic carboxylic acids is 1. The summed E-state index contributed by atoms with van der Waals surface area (Å²) in [6, 6.07) is 4.58. The fourth-order valence-corrected chi connectivity index (χ4v) is 5.25. The monoisotopic (exact) mass is 545 g/mol. The molecular weight excluding hydrogens is 518 g/mol. The third kappa shape index (κ3) is 9.23. The number of benzene rings is 1. The summed E-state index contributed by atoms with van der Waals surface area (Å²) in [4.78, 5) is 28.0. The number of carbonyl (C=O) groups excluding carboxylic acids is 1. The summed E-state index contributed by atoms with van der Waals surface area (Å²) >= 11 is 1.31. The number of hydrogen-bond donors (Lipinski definition) is 5. The molecule has 3 rings (SSSR count). The fourth-order valence-electron chi connectivity index (χ4n) is 3.07. The van der Waals surface area contributed by atoms with Crippen molar-refractivity contribution in [2.75, 3.05) is 19.6 Å². The zero-order valence-electron chi connectivity index (χ0n) is 18.9. The van der Waals surface area contributed by atoms with Crippen molar-refractivity contribution in [2.24, 2.45) is 4.99 Å². The molecule has 2 heterocycles. The molecule has 1 aliphatic rings. The Kier molecular flexibility index (Phi) is 11.1. The van der Waals surface area contributed by atoms with Crippen LogP contribution in [0.1, 0.15) is 22.0 Å². The van der Waals surface area contributed by atoms with E-state index in [4.69, 9.17) is 0 Å². The summed E-state index contributed by atoms with van der Waals surface area (Å²) in [5.74, 6) is -1.88. The average molecular weight is 546 g/mol. The van der Waals surface area contributed by atoms with Crippen molar-refractivity contribution in [3.8, 4) is 0 Å². The van der Waals surface area contributed by atoms with Crippen molar-refractivity contribution in [3.05, 3.63) is 39.8 Å². The molecule has 0 spiro atoms. The first-order chi connectivity index (χ1) is 16.2. The summed E-state index contributed by atoms with van der Waals surface area (Å²) < 4.78 is 27.1. The zero-order valence-corrected chi connectivity index (χ0v) is 21.4. The molecule has 0 aliphatic carbocycles. The van der Waals surface area contributed by atoms with Crippen LogP contribution in [0.3, 0.4) is 0 Å². The van der Waals surface area contributed by atoms with Crippen LogP contribution in [0.4, 0.5) is 0 Å². The van der Waals surface area contributed by atoms with Gasteiger partial charge in [0.05, 0.1) is 11.3 Å². The molecule has 2 aromatic rings. The topological polar surface area (TPSA) is 175 Å². The van der Waals surface area contributed by atoms with Crippen LogP contribution in [0.25, 0.3) is 0 Å². The molecule has 0 saturated carbocycles. The molecule has 15 heteroatoms. The molecule has 1 aromatic carbocycles. The first-order valence-electron chi connectivity index (χ1n) is 10.6. The lowest BCUT2D eigenvalue weighted by Crippen LogP contribution is -2.48. The maximum atomic E-state index is 12.5. The number of carboxylic acids is 1. The minimum Gasteiger partial charge on any atom is -0.480 e. The number of amides is 1. The van der Waals surface area contributed by atoms with E-state index in [1.807, 2.05) is 6.21 Å². The van der Waals surface area contributed by atoms with Crippen LogP contribution < -0.4 is 20.7 Å². The van der Waals surface area contributed by atoms with E-state index in [1.54, 1.807) is 19.1 Å². The number of nitrogens with zero attached hydrogens (tertiary/aromatic N) is 3. The first kappa shape index (κ1) is 28.7. The van der Waals surface area contributed by atoms with Crippen LogP contribution in [0.2, 0.25) is 0 Å². The van der Waals surface area contributed by atoms with Gasteiger partial charge in [-0.25, -0.2) is 8.42 Å². The first-order valence-corrected chi connectivity index (χ1v) is 12.9. The Bertz CT molecular complexity index is 1140. The number of aliphatic imine (C=N–C) groups is 1. The molecule has 1 aromatic heterocycles. The normalized spacial score (nSPS) is 16.0. The Hall–Kier alpha value is -2.49. The van der Waals surface area contributed by atoms with Crippen molar-refractivity contribution >= 4 is 51.9 Å². The van der Waals surface area contributed by atoms with E-state index in [9.17, 15) is 23.1 Å². The summed E-state index contributed by atoms with van der Waals surface area (Å²) in [6.07, 6.45) is 3.22. The number of hydrogen-bond acceptors (Lipinski definition) is 10. The molecule has 12 nitrogen and oxygen atoms in total. The van der Waals surface area contributed by atoms with Gasteiger partial charge in [0.2, 0.25) is 15.9 Å². The van der Waals surface area contributed by atoms with E-state index in [-0.39, 0.29) is 30.0 Å². The number of aromatic nitrogens is 2. The Labute approximate surface area is 213 Å². The van der Waals surface area contributed by atoms with E-state index in [1.165, 1.54) is 23.5 Å². The van der Waals surface area contributed by atoms with Gasteiger partial charge in [0.15, 0.2) is 6.29 Å². The maximum absolute atomic E-state index is 12.5. The quantitative estimate of drug-likeness (QED) is 0.214. The Morgan fingerprint density at radius 3 is 2.74 bits per heavy atom. The Balaban J connectivity index is 0.00000432. The lowest BCUT2D eigenvalue weighted by atomic mass is 10.2. The molecule has 1 unspecified atom stereocenters. The largest absolute Gasteiger partial charge is 0.480 e. The molecule has 0 bridgehead atoms. The predicted molar refractivity (Wildman–Crippen MR) is 133 cm³/mol. The van der Waals surface area contributed by atoms with Crippen LogP contribution in [-0.4, -0.2) is 73.8 Å². The van der Waals surface area contributed by atoms with Gasteiger partial charge in [0, 0.05) is 25.7 Å². The minimum atomic E-state index is -4.07. The number of halogens is 1. The van der Waals surface area contributed by atoms with Crippen molar-refractivity contribution in [2.45, 2.75) is 43.4 Å². The molecule has 5 N–H and O–H groups in total. The average Bonchev–Trinajstić information content (AvgIpc) is 3.46. The van der Waals surface area contributed by atoms with Crippen LogP contribution in [0.5, 0.6) is 0 Å². The fraction of sp³-hybridized carbons (Fsp3) is 0.450. The Morgan fingerprint density at radius 1 is 1.29 bits per heavy atom. The standard InChI is InChI=1S/C20H27N7O5S2.ClH/c1-13-4-2-5-14(10-13)34(31,32)27-15(19(29)30)12-24-16(28)11-18-26-25-17(33-18)6-3-7-21-20-22-8-9-23-20;/h2,4-5,8,10,15,20-21,23,27H,3,6-7,9,11-12H2,1H3,(H,24,28)(H,29,30);1H/t15-,20?;/m0./s1. The number of carbonyl (C=O) groups is 2. The minimum absolute atomic E-state index is 0. The summed E-state index contributed by atoms with van der Waals surface area (Å²) in [5, 5.41) is 27.6. The molecule has 2 atom stereocenters. The zero-order chi connectivity index (χ0) is 24.6. The molecule has 0 fully saturated rings. The molecule has 1 amide bonds. The van der Waals surface area contributed by atoms with Gasteiger partial charge >= 0.3 is 5.97 Å². The van der Waals surface area contributed by atoms with Crippen LogP contribution in [0, 0.1) is 6.92 Å². The van der Waals surface area contributed by atoms with Crippen LogP contribution in [0.15, 0.2) is 34.2 Å². The van der Waals surface area contributed by atoms with Crippen molar-refractivity contribution in [3.63, 3.8) is 0 Å². The van der Waals surface area contributed by atoms with Gasteiger partial charge in [-0.15, -0.1) is 33.9 Å². The van der Waals surface area contributed by atoms with Gasteiger partial charge in [0.25, 0.3) is 0 Å². The number of sulfonamides is 1. The van der Waals surface area contributed by atoms with E-state index in [0.29, 0.717) is 11.4 Å². The van der Waals surface area contributed by atoms with E-state index in [0.717, 1.165) is 30.1 Å². The maximum Gasteiger partial charge on any atom is 0.323 e. The Morgan fingerprint density at radius 2 is 2.06 bits per heavy atom. The van der Waals surface area contributed by atoms with Crippen molar-refractivity contribution in [1.82, 2.24) is 30.9 Å². The van der Waals surface area contributed by atoms with E-state index < -0.39 is 34.5 Å². The number of carboxylic acid groups (broad SMARTS) is 1. The second-order valence-electron chi connectivity index (χ2n) is 7.60. The second-order valence-corrected chi connectivity index (χ2v) is 10.5.